The molecular weight excluding hydrogens is 466 g/mol. The quantitative estimate of drug-likeness (QED) is 0.177. The molecule has 1 atom stereocenters. The van der Waals surface area contributed by atoms with Crippen LogP contribution in [0.1, 0.15) is 26.3 Å². The summed E-state index contributed by atoms with van der Waals surface area (Å²) in [5.74, 6) is 0. The Morgan fingerprint density at radius 2 is 1.63 bits per heavy atom. The SMILES string of the molecule is COCCOCCOCC1CN(c2ccc([N+](=O)[O-])cc2)CCN1Sc1ccc(C(C)(C)C)cc1. The first-order valence-electron chi connectivity index (χ1n) is 12.0. The Morgan fingerprint density at radius 1 is 0.971 bits per heavy atom. The van der Waals surface area contributed by atoms with E-state index in [0.29, 0.717) is 33.0 Å². The van der Waals surface area contributed by atoms with Crippen LogP contribution in [0.3, 0.4) is 0 Å². The van der Waals surface area contributed by atoms with Gasteiger partial charge in [-0.15, -0.1) is 0 Å². The molecule has 8 nitrogen and oxygen atoms in total. The number of non-ortho nitro benzene ring substituents is 1. The highest BCUT2D eigenvalue weighted by Gasteiger charge is 2.29. The second kappa shape index (κ2) is 13.2. The molecule has 0 saturated carbocycles. The van der Waals surface area contributed by atoms with Crippen molar-refractivity contribution in [2.45, 2.75) is 37.1 Å². The molecule has 2 aromatic rings. The fourth-order valence-electron chi connectivity index (χ4n) is 3.85. The predicted molar refractivity (Wildman–Crippen MR) is 140 cm³/mol. The minimum atomic E-state index is -0.366. The number of benzene rings is 2. The van der Waals surface area contributed by atoms with E-state index in [0.717, 1.165) is 25.3 Å². The van der Waals surface area contributed by atoms with Crippen LogP contribution in [-0.2, 0) is 19.6 Å². The number of hydrogen-bond acceptors (Lipinski definition) is 8. The molecule has 1 fully saturated rings. The van der Waals surface area contributed by atoms with Crippen LogP contribution in [0.2, 0.25) is 0 Å². The molecule has 0 amide bonds. The molecule has 1 aliphatic rings. The Balaban J connectivity index is 1.63. The van der Waals surface area contributed by atoms with Crippen LogP contribution >= 0.6 is 11.9 Å². The fraction of sp³-hybridized carbons (Fsp3) is 0.538. The fourth-order valence-corrected chi connectivity index (χ4v) is 4.83. The monoisotopic (exact) mass is 503 g/mol. The summed E-state index contributed by atoms with van der Waals surface area (Å²) >= 11 is 1.76. The number of hydrogen-bond donors (Lipinski definition) is 0. The summed E-state index contributed by atoms with van der Waals surface area (Å²) in [5, 5.41) is 11.0. The second-order valence-corrected chi connectivity index (χ2v) is 10.7. The maximum Gasteiger partial charge on any atom is 0.269 e. The Labute approximate surface area is 212 Å². The number of nitro groups is 1. The lowest BCUT2D eigenvalue weighted by atomic mass is 9.87. The van der Waals surface area contributed by atoms with Gasteiger partial charge in [0, 0.05) is 49.5 Å². The molecule has 2 aromatic carbocycles. The lowest BCUT2D eigenvalue weighted by Crippen LogP contribution is -2.52. The smallest absolute Gasteiger partial charge is 0.269 e. The molecule has 9 heteroatoms. The third-order valence-electron chi connectivity index (χ3n) is 5.91. The van der Waals surface area contributed by atoms with Gasteiger partial charge in [-0.05, 0) is 47.2 Å². The minimum Gasteiger partial charge on any atom is -0.382 e. The van der Waals surface area contributed by atoms with Crippen molar-refractivity contribution < 1.29 is 19.1 Å². The van der Waals surface area contributed by atoms with Gasteiger partial charge in [0.05, 0.1) is 44.0 Å². The Kier molecular flexibility index (Phi) is 10.4. The summed E-state index contributed by atoms with van der Waals surface area (Å²) < 4.78 is 18.9. The van der Waals surface area contributed by atoms with Gasteiger partial charge in [0.25, 0.3) is 5.69 Å². The average Bonchev–Trinajstić information content (AvgIpc) is 2.84. The number of anilines is 1. The van der Waals surface area contributed by atoms with Crippen molar-refractivity contribution in [1.29, 1.82) is 0 Å². The first-order chi connectivity index (χ1) is 16.8. The molecule has 0 aromatic heterocycles. The zero-order valence-corrected chi connectivity index (χ0v) is 22.0. The third-order valence-corrected chi connectivity index (χ3v) is 7.11. The molecule has 0 radical (unpaired) electrons. The summed E-state index contributed by atoms with van der Waals surface area (Å²) in [6.45, 7) is 11.9. The Hall–Kier alpha value is -2.17. The van der Waals surface area contributed by atoms with Crippen molar-refractivity contribution in [2.24, 2.45) is 0 Å². The molecular formula is C26H37N3O5S. The number of methoxy groups -OCH3 is 1. The van der Waals surface area contributed by atoms with Crippen LogP contribution in [0.15, 0.2) is 53.4 Å². The lowest BCUT2D eigenvalue weighted by Gasteiger charge is -2.41. The normalized spacial score (nSPS) is 17.0. The van der Waals surface area contributed by atoms with Crippen molar-refractivity contribution in [3.63, 3.8) is 0 Å². The van der Waals surface area contributed by atoms with Gasteiger partial charge in [0.2, 0.25) is 0 Å². The summed E-state index contributed by atoms with van der Waals surface area (Å²) in [6.07, 6.45) is 0. The molecule has 0 bridgehead atoms. The van der Waals surface area contributed by atoms with E-state index < -0.39 is 0 Å². The van der Waals surface area contributed by atoms with Gasteiger partial charge in [0.15, 0.2) is 0 Å². The first-order valence-corrected chi connectivity index (χ1v) is 12.7. The highest BCUT2D eigenvalue weighted by molar-refractivity contribution is 7.97. The van der Waals surface area contributed by atoms with Crippen LogP contribution in [0.5, 0.6) is 0 Å². The standard InChI is InChI=1S/C26H37N3O5S/c1-26(2,3)21-5-11-25(12-6-21)35-28-14-13-27(22-7-9-23(10-8-22)29(30)31)19-24(28)20-34-18-17-33-16-15-32-4/h5-12,24H,13-20H2,1-4H3. The van der Waals surface area contributed by atoms with Gasteiger partial charge in [-0.25, -0.2) is 4.31 Å². The molecule has 1 unspecified atom stereocenters. The average molecular weight is 504 g/mol. The summed E-state index contributed by atoms with van der Waals surface area (Å²) in [7, 11) is 1.66. The number of nitrogens with zero attached hydrogens (tertiary/aromatic N) is 3. The molecule has 0 N–H and O–H groups in total. The highest BCUT2D eigenvalue weighted by Crippen LogP contribution is 2.31. The molecule has 1 aliphatic heterocycles. The molecule has 1 heterocycles. The Morgan fingerprint density at radius 3 is 2.26 bits per heavy atom. The molecule has 192 valence electrons. The number of rotatable bonds is 12. The number of nitro benzene ring substituents is 1. The van der Waals surface area contributed by atoms with E-state index in [1.54, 1.807) is 31.2 Å². The van der Waals surface area contributed by atoms with E-state index in [-0.39, 0.29) is 22.1 Å². The third kappa shape index (κ3) is 8.47. The van der Waals surface area contributed by atoms with Gasteiger partial charge in [0.1, 0.15) is 0 Å². The maximum absolute atomic E-state index is 11.0. The van der Waals surface area contributed by atoms with Crippen LogP contribution in [0, 0.1) is 10.1 Å². The number of piperazine rings is 1. The molecule has 0 aliphatic carbocycles. The largest absolute Gasteiger partial charge is 0.382 e. The molecule has 3 rings (SSSR count). The van der Waals surface area contributed by atoms with Crippen LogP contribution in [0.25, 0.3) is 0 Å². The van der Waals surface area contributed by atoms with Crippen molar-refractivity contribution >= 4 is 23.3 Å². The zero-order valence-electron chi connectivity index (χ0n) is 21.1. The van der Waals surface area contributed by atoms with Crippen molar-refractivity contribution in [3.8, 4) is 0 Å². The summed E-state index contributed by atoms with van der Waals surface area (Å²) in [5.41, 5.74) is 2.54. The van der Waals surface area contributed by atoms with Crippen molar-refractivity contribution in [1.82, 2.24) is 4.31 Å². The van der Waals surface area contributed by atoms with Crippen LogP contribution in [0.4, 0.5) is 11.4 Å². The van der Waals surface area contributed by atoms with Crippen molar-refractivity contribution in [2.75, 3.05) is 64.7 Å². The van der Waals surface area contributed by atoms with E-state index in [1.165, 1.54) is 10.5 Å². The van der Waals surface area contributed by atoms with Gasteiger partial charge in [-0.2, -0.15) is 0 Å². The maximum atomic E-state index is 11.0. The van der Waals surface area contributed by atoms with Gasteiger partial charge >= 0.3 is 0 Å². The first kappa shape index (κ1) is 27.4. The van der Waals surface area contributed by atoms with Gasteiger partial charge < -0.3 is 19.1 Å². The van der Waals surface area contributed by atoms with E-state index in [1.807, 2.05) is 12.1 Å². The molecule has 0 spiro atoms. The lowest BCUT2D eigenvalue weighted by molar-refractivity contribution is -0.384. The summed E-state index contributed by atoms with van der Waals surface area (Å²) in [4.78, 5) is 14.1. The van der Waals surface area contributed by atoms with Crippen molar-refractivity contribution in [3.05, 3.63) is 64.2 Å². The predicted octanol–water partition coefficient (Wildman–Crippen LogP) is 4.77. The van der Waals surface area contributed by atoms with E-state index >= 15 is 0 Å². The van der Waals surface area contributed by atoms with Crippen LogP contribution < -0.4 is 4.90 Å². The van der Waals surface area contributed by atoms with E-state index in [9.17, 15) is 10.1 Å². The Bertz CT molecular complexity index is 918. The topological polar surface area (TPSA) is 77.3 Å². The highest BCUT2D eigenvalue weighted by atomic mass is 32.2. The minimum absolute atomic E-state index is 0.106. The second-order valence-electron chi connectivity index (χ2n) is 9.56. The van der Waals surface area contributed by atoms with E-state index in [4.69, 9.17) is 14.2 Å². The van der Waals surface area contributed by atoms with Crippen LogP contribution in [-0.4, -0.2) is 75.0 Å². The van der Waals surface area contributed by atoms with Gasteiger partial charge in [-0.3, -0.25) is 10.1 Å². The van der Waals surface area contributed by atoms with E-state index in [2.05, 4.69) is 54.2 Å². The molecule has 35 heavy (non-hydrogen) atoms. The van der Waals surface area contributed by atoms with Gasteiger partial charge in [-0.1, -0.05) is 32.9 Å². The summed E-state index contributed by atoms with van der Waals surface area (Å²) in [6, 6.07) is 15.7. The molecule has 1 saturated heterocycles. The zero-order chi connectivity index (χ0) is 25.3. The number of ether oxygens (including phenoxy) is 3.